The number of ether oxygens (including phenoxy) is 1. The highest BCUT2D eigenvalue weighted by Crippen LogP contribution is 2.27. The summed E-state index contributed by atoms with van der Waals surface area (Å²) in [5, 5.41) is 4.91. The maximum Gasteiger partial charge on any atom is 0.0582 e. The van der Waals surface area contributed by atoms with Gasteiger partial charge in [-0.05, 0) is 13.0 Å². The molecule has 0 radical (unpaired) electrons. The third-order valence-electron chi connectivity index (χ3n) is 2.22. The molecule has 72 valence electrons. The number of thioether (sulfide) groups is 1. The van der Waals surface area contributed by atoms with Crippen LogP contribution in [0, 0.1) is 5.92 Å². The number of hydrogen-bond acceptors (Lipinski definition) is 3. The smallest absolute Gasteiger partial charge is 0.0582 e. The largest absolute Gasteiger partial charge is 0.384 e. The fourth-order valence-electron chi connectivity index (χ4n) is 1.48. The molecule has 2 nitrogen and oxygen atoms in total. The van der Waals surface area contributed by atoms with Crippen molar-refractivity contribution in [2.75, 3.05) is 20.3 Å². The van der Waals surface area contributed by atoms with Crippen LogP contribution in [0.3, 0.4) is 0 Å². The summed E-state index contributed by atoms with van der Waals surface area (Å²) < 4.78 is 5.14. The first-order chi connectivity index (χ1) is 5.74. The van der Waals surface area contributed by atoms with E-state index in [4.69, 9.17) is 4.74 Å². The van der Waals surface area contributed by atoms with Gasteiger partial charge in [0, 0.05) is 18.3 Å². The highest BCUT2D eigenvalue weighted by atomic mass is 32.2. The minimum absolute atomic E-state index is 0.591. The van der Waals surface area contributed by atoms with Crippen molar-refractivity contribution >= 4 is 11.8 Å². The highest BCUT2D eigenvalue weighted by Gasteiger charge is 2.23. The van der Waals surface area contributed by atoms with Gasteiger partial charge in [0.1, 0.15) is 0 Å². The average molecular weight is 189 g/mol. The SMILES string of the molecule is COCC(C)C1NCCC(C)S1. The van der Waals surface area contributed by atoms with Crippen LogP contribution >= 0.6 is 11.8 Å². The second-order valence-electron chi connectivity index (χ2n) is 3.54. The van der Waals surface area contributed by atoms with Crippen LogP contribution in [-0.2, 0) is 4.74 Å². The molecule has 0 aliphatic carbocycles. The van der Waals surface area contributed by atoms with Crippen molar-refractivity contribution in [2.45, 2.75) is 30.9 Å². The predicted molar refractivity (Wildman–Crippen MR) is 54.5 cm³/mol. The molecule has 0 amide bonds. The van der Waals surface area contributed by atoms with Crippen LogP contribution < -0.4 is 5.32 Å². The third-order valence-corrected chi connectivity index (χ3v) is 3.85. The van der Waals surface area contributed by atoms with E-state index < -0.39 is 0 Å². The lowest BCUT2D eigenvalue weighted by Gasteiger charge is -2.31. The van der Waals surface area contributed by atoms with E-state index in [0.29, 0.717) is 11.3 Å². The highest BCUT2D eigenvalue weighted by molar-refractivity contribution is 8.00. The fraction of sp³-hybridized carbons (Fsp3) is 1.00. The molecule has 0 aromatic heterocycles. The second kappa shape index (κ2) is 5.10. The van der Waals surface area contributed by atoms with E-state index in [1.807, 2.05) is 11.8 Å². The molecule has 0 spiro atoms. The van der Waals surface area contributed by atoms with E-state index in [9.17, 15) is 0 Å². The Hall–Kier alpha value is 0.270. The molecule has 1 heterocycles. The quantitative estimate of drug-likeness (QED) is 0.730. The van der Waals surface area contributed by atoms with Crippen molar-refractivity contribution in [1.82, 2.24) is 5.32 Å². The molecule has 0 bridgehead atoms. The minimum atomic E-state index is 0.591. The molecule has 0 aromatic rings. The van der Waals surface area contributed by atoms with Gasteiger partial charge < -0.3 is 10.1 Å². The zero-order valence-corrected chi connectivity index (χ0v) is 8.99. The van der Waals surface area contributed by atoms with Crippen LogP contribution in [0.25, 0.3) is 0 Å². The first-order valence-corrected chi connectivity index (χ1v) is 5.56. The number of nitrogens with one attached hydrogen (secondary N) is 1. The van der Waals surface area contributed by atoms with Crippen LogP contribution in [-0.4, -0.2) is 30.9 Å². The zero-order chi connectivity index (χ0) is 8.97. The fourth-order valence-corrected chi connectivity index (χ4v) is 2.80. The van der Waals surface area contributed by atoms with Gasteiger partial charge in [-0.25, -0.2) is 0 Å². The molecule has 3 unspecified atom stereocenters. The van der Waals surface area contributed by atoms with Crippen LogP contribution in [0.2, 0.25) is 0 Å². The third kappa shape index (κ3) is 2.96. The summed E-state index contributed by atoms with van der Waals surface area (Å²) >= 11 is 2.04. The lowest BCUT2D eigenvalue weighted by molar-refractivity contribution is 0.153. The summed E-state index contributed by atoms with van der Waals surface area (Å²) in [6.07, 6.45) is 1.29. The molecule has 1 saturated heterocycles. The number of rotatable bonds is 3. The van der Waals surface area contributed by atoms with Crippen LogP contribution in [0.5, 0.6) is 0 Å². The molecule has 3 heteroatoms. The Labute approximate surface area is 79.4 Å². The molecule has 1 aliphatic heterocycles. The zero-order valence-electron chi connectivity index (χ0n) is 8.17. The van der Waals surface area contributed by atoms with Gasteiger partial charge in [0.05, 0.1) is 12.0 Å². The molecule has 0 saturated carbocycles. The summed E-state index contributed by atoms with van der Waals surface area (Å²) in [5.41, 5.74) is 0. The maximum atomic E-state index is 5.14. The van der Waals surface area contributed by atoms with Crippen molar-refractivity contribution in [3.8, 4) is 0 Å². The molecule has 1 fully saturated rings. The minimum Gasteiger partial charge on any atom is -0.384 e. The van der Waals surface area contributed by atoms with Gasteiger partial charge in [-0.3, -0.25) is 0 Å². The van der Waals surface area contributed by atoms with Crippen LogP contribution in [0.4, 0.5) is 0 Å². The standard InChI is InChI=1S/C9H19NOS/c1-7(6-11-3)9-10-5-4-8(2)12-9/h7-10H,4-6H2,1-3H3. The molecular weight excluding hydrogens is 170 g/mol. The Morgan fingerprint density at radius 3 is 3.00 bits per heavy atom. The maximum absolute atomic E-state index is 5.14. The summed E-state index contributed by atoms with van der Waals surface area (Å²) in [7, 11) is 1.77. The van der Waals surface area contributed by atoms with Gasteiger partial charge in [0.25, 0.3) is 0 Å². The summed E-state index contributed by atoms with van der Waals surface area (Å²) in [4.78, 5) is 0. The molecule has 1 rings (SSSR count). The Bertz CT molecular complexity index is 132. The Morgan fingerprint density at radius 2 is 2.42 bits per heavy atom. The van der Waals surface area contributed by atoms with Gasteiger partial charge in [0.15, 0.2) is 0 Å². The van der Waals surface area contributed by atoms with Crippen molar-refractivity contribution in [3.05, 3.63) is 0 Å². The average Bonchev–Trinajstić information content (AvgIpc) is 2.05. The molecule has 1 N–H and O–H groups in total. The van der Waals surface area contributed by atoms with Crippen LogP contribution in [0.1, 0.15) is 20.3 Å². The van der Waals surface area contributed by atoms with Crippen molar-refractivity contribution in [1.29, 1.82) is 0 Å². The molecule has 1 aliphatic rings. The van der Waals surface area contributed by atoms with Gasteiger partial charge in [-0.1, -0.05) is 13.8 Å². The van der Waals surface area contributed by atoms with Crippen molar-refractivity contribution < 1.29 is 4.74 Å². The molecule has 12 heavy (non-hydrogen) atoms. The van der Waals surface area contributed by atoms with Crippen molar-refractivity contribution in [2.24, 2.45) is 5.92 Å². The predicted octanol–water partition coefficient (Wildman–Crippen LogP) is 1.71. The summed E-state index contributed by atoms with van der Waals surface area (Å²) in [6, 6.07) is 0. The lowest BCUT2D eigenvalue weighted by Crippen LogP contribution is -2.40. The number of hydrogen-bond donors (Lipinski definition) is 1. The van der Waals surface area contributed by atoms with E-state index in [2.05, 4.69) is 19.2 Å². The molecule has 3 atom stereocenters. The van der Waals surface area contributed by atoms with Gasteiger partial charge in [-0.2, -0.15) is 0 Å². The van der Waals surface area contributed by atoms with E-state index in [1.54, 1.807) is 7.11 Å². The van der Waals surface area contributed by atoms with E-state index in [1.165, 1.54) is 6.42 Å². The van der Waals surface area contributed by atoms with E-state index in [-0.39, 0.29) is 0 Å². The lowest BCUT2D eigenvalue weighted by atomic mass is 10.2. The first kappa shape index (κ1) is 10.4. The molecular formula is C9H19NOS. The topological polar surface area (TPSA) is 21.3 Å². The summed E-state index contributed by atoms with van der Waals surface area (Å²) in [6.45, 7) is 6.56. The van der Waals surface area contributed by atoms with Crippen LogP contribution in [0.15, 0.2) is 0 Å². The van der Waals surface area contributed by atoms with E-state index >= 15 is 0 Å². The van der Waals surface area contributed by atoms with Gasteiger partial charge >= 0.3 is 0 Å². The first-order valence-electron chi connectivity index (χ1n) is 4.62. The molecule has 0 aromatic carbocycles. The van der Waals surface area contributed by atoms with Gasteiger partial charge in [-0.15, -0.1) is 11.8 Å². The number of methoxy groups -OCH3 is 1. The Morgan fingerprint density at radius 1 is 1.67 bits per heavy atom. The van der Waals surface area contributed by atoms with Gasteiger partial charge in [0.2, 0.25) is 0 Å². The van der Waals surface area contributed by atoms with Crippen molar-refractivity contribution in [3.63, 3.8) is 0 Å². The monoisotopic (exact) mass is 189 g/mol. The normalized spacial score (nSPS) is 33.2. The summed E-state index contributed by atoms with van der Waals surface area (Å²) in [5.74, 6) is 0.614. The Kier molecular flexibility index (Phi) is 4.40. The van der Waals surface area contributed by atoms with E-state index in [0.717, 1.165) is 18.4 Å². The Balaban J connectivity index is 2.29. The second-order valence-corrected chi connectivity index (χ2v) is 5.13.